The van der Waals surface area contributed by atoms with Gasteiger partial charge in [0.2, 0.25) is 0 Å². The number of hydrogen-bond donors (Lipinski definition) is 0. The molecule has 0 N–H and O–H groups in total. The SMILES string of the molecule is CN(C)C(=O)c1cncc(OC2CC2)c1C=O. The van der Waals surface area contributed by atoms with Crippen molar-refractivity contribution < 1.29 is 14.3 Å². The second-order valence-electron chi connectivity index (χ2n) is 4.23. The Morgan fingerprint density at radius 2 is 2.18 bits per heavy atom. The minimum absolute atomic E-state index is 0.167. The van der Waals surface area contributed by atoms with Crippen molar-refractivity contribution >= 4 is 12.2 Å². The van der Waals surface area contributed by atoms with E-state index in [0.717, 1.165) is 12.8 Å². The minimum Gasteiger partial charge on any atom is -0.488 e. The third-order valence-corrected chi connectivity index (χ3v) is 2.52. The van der Waals surface area contributed by atoms with Gasteiger partial charge in [-0.15, -0.1) is 0 Å². The molecule has 90 valence electrons. The zero-order valence-corrected chi connectivity index (χ0v) is 9.84. The molecule has 2 rings (SSSR count). The second-order valence-corrected chi connectivity index (χ2v) is 4.23. The van der Waals surface area contributed by atoms with Crippen LogP contribution < -0.4 is 4.74 Å². The van der Waals surface area contributed by atoms with Crippen LogP contribution in [0, 0.1) is 0 Å². The maximum atomic E-state index is 11.8. The lowest BCUT2D eigenvalue weighted by Gasteiger charge is -2.13. The van der Waals surface area contributed by atoms with Crippen LogP contribution >= 0.6 is 0 Å². The van der Waals surface area contributed by atoms with Crippen molar-refractivity contribution in [3.63, 3.8) is 0 Å². The monoisotopic (exact) mass is 234 g/mol. The molecule has 0 radical (unpaired) electrons. The van der Waals surface area contributed by atoms with Crippen LogP contribution in [0.2, 0.25) is 0 Å². The number of rotatable bonds is 4. The maximum absolute atomic E-state index is 11.8. The molecular weight excluding hydrogens is 220 g/mol. The zero-order valence-electron chi connectivity index (χ0n) is 9.84. The van der Waals surface area contributed by atoms with Gasteiger partial charge in [0.05, 0.1) is 23.4 Å². The van der Waals surface area contributed by atoms with Crippen molar-refractivity contribution in [3.05, 3.63) is 23.5 Å². The van der Waals surface area contributed by atoms with Crippen LogP contribution in [0.3, 0.4) is 0 Å². The topological polar surface area (TPSA) is 59.5 Å². The summed E-state index contributed by atoms with van der Waals surface area (Å²) in [6.45, 7) is 0. The molecule has 5 nitrogen and oxygen atoms in total. The molecule has 1 aromatic heterocycles. The normalized spacial score (nSPS) is 14.2. The number of amides is 1. The Morgan fingerprint density at radius 1 is 1.47 bits per heavy atom. The Bertz CT molecular complexity index is 453. The van der Waals surface area contributed by atoms with Crippen LogP contribution in [0.5, 0.6) is 5.75 Å². The van der Waals surface area contributed by atoms with E-state index >= 15 is 0 Å². The first-order valence-corrected chi connectivity index (χ1v) is 5.45. The number of hydrogen-bond acceptors (Lipinski definition) is 4. The molecule has 1 saturated carbocycles. The molecule has 0 aromatic carbocycles. The van der Waals surface area contributed by atoms with Gasteiger partial charge < -0.3 is 9.64 Å². The molecule has 5 heteroatoms. The molecule has 1 amide bonds. The third-order valence-electron chi connectivity index (χ3n) is 2.52. The first-order valence-electron chi connectivity index (χ1n) is 5.45. The van der Waals surface area contributed by atoms with E-state index in [1.165, 1.54) is 17.3 Å². The van der Waals surface area contributed by atoms with Crippen molar-refractivity contribution in [2.24, 2.45) is 0 Å². The maximum Gasteiger partial charge on any atom is 0.255 e. The van der Waals surface area contributed by atoms with Crippen LogP contribution in [0.4, 0.5) is 0 Å². The van der Waals surface area contributed by atoms with Gasteiger partial charge in [0.1, 0.15) is 5.75 Å². The first kappa shape index (κ1) is 11.6. The molecule has 1 aromatic rings. The van der Waals surface area contributed by atoms with Crippen LogP contribution in [-0.4, -0.2) is 42.3 Å². The minimum atomic E-state index is -0.249. The van der Waals surface area contributed by atoms with Crippen molar-refractivity contribution in [2.75, 3.05) is 14.1 Å². The zero-order chi connectivity index (χ0) is 12.4. The number of aldehydes is 1. The van der Waals surface area contributed by atoms with E-state index in [1.807, 2.05) is 0 Å². The van der Waals surface area contributed by atoms with E-state index < -0.39 is 0 Å². The molecule has 0 atom stereocenters. The molecule has 1 fully saturated rings. The Kier molecular flexibility index (Phi) is 3.08. The summed E-state index contributed by atoms with van der Waals surface area (Å²) in [5.41, 5.74) is 0.564. The summed E-state index contributed by atoms with van der Waals surface area (Å²) in [4.78, 5) is 28.3. The standard InChI is InChI=1S/C12H14N2O3/c1-14(2)12(16)9-5-13-6-11(10(9)7-15)17-8-3-4-8/h5-8H,3-4H2,1-2H3. The van der Waals surface area contributed by atoms with Crippen LogP contribution in [0.15, 0.2) is 12.4 Å². The van der Waals surface area contributed by atoms with E-state index in [-0.39, 0.29) is 23.1 Å². The van der Waals surface area contributed by atoms with E-state index in [2.05, 4.69) is 4.98 Å². The highest BCUT2D eigenvalue weighted by molar-refractivity contribution is 6.02. The summed E-state index contributed by atoms with van der Waals surface area (Å²) in [6, 6.07) is 0. The molecule has 0 unspecified atom stereocenters. The van der Waals surface area contributed by atoms with E-state index in [1.54, 1.807) is 14.1 Å². The van der Waals surface area contributed by atoms with Crippen molar-refractivity contribution in [2.45, 2.75) is 18.9 Å². The molecule has 0 saturated heterocycles. The van der Waals surface area contributed by atoms with Crippen LogP contribution in [-0.2, 0) is 0 Å². The number of aromatic nitrogens is 1. The summed E-state index contributed by atoms with van der Waals surface area (Å²) < 4.78 is 5.55. The molecule has 1 heterocycles. The predicted molar refractivity (Wildman–Crippen MR) is 61.3 cm³/mol. The lowest BCUT2D eigenvalue weighted by molar-refractivity contribution is 0.0822. The summed E-state index contributed by atoms with van der Waals surface area (Å²) in [5.74, 6) is 0.149. The Morgan fingerprint density at radius 3 is 2.71 bits per heavy atom. The molecule has 0 bridgehead atoms. The Hall–Kier alpha value is -1.91. The number of carbonyl (C=O) groups excluding carboxylic acids is 2. The highest BCUT2D eigenvalue weighted by atomic mass is 16.5. The fourth-order valence-electron chi connectivity index (χ4n) is 1.44. The molecule has 0 aliphatic heterocycles. The number of carbonyl (C=O) groups is 2. The highest BCUT2D eigenvalue weighted by Crippen LogP contribution is 2.29. The third kappa shape index (κ3) is 2.43. The lowest BCUT2D eigenvalue weighted by Crippen LogP contribution is -2.23. The quantitative estimate of drug-likeness (QED) is 0.733. The van der Waals surface area contributed by atoms with Gasteiger partial charge >= 0.3 is 0 Å². The van der Waals surface area contributed by atoms with Gasteiger partial charge in [-0.05, 0) is 12.8 Å². The lowest BCUT2D eigenvalue weighted by atomic mass is 10.1. The van der Waals surface area contributed by atoms with Crippen molar-refractivity contribution in [1.29, 1.82) is 0 Å². The van der Waals surface area contributed by atoms with Gasteiger partial charge in [-0.2, -0.15) is 0 Å². The van der Waals surface area contributed by atoms with E-state index in [9.17, 15) is 9.59 Å². The average molecular weight is 234 g/mol. The summed E-state index contributed by atoms with van der Waals surface area (Å²) in [7, 11) is 3.26. The van der Waals surface area contributed by atoms with Gasteiger partial charge in [-0.3, -0.25) is 14.6 Å². The van der Waals surface area contributed by atoms with Crippen molar-refractivity contribution in [3.8, 4) is 5.75 Å². The van der Waals surface area contributed by atoms with Crippen molar-refractivity contribution in [1.82, 2.24) is 9.88 Å². The van der Waals surface area contributed by atoms with Gasteiger partial charge in [-0.1, -0.05) is 0 Å². The summed E-state index contributed by atoms with van der Waals surface area (Å²) >= 11 is 0. The Balaban J connectivity index is 2.37. The van der Waals surface area contributed by atoms with E-state index in [4.69, 9.17) is 4.74 Å². The molecule has 1 aliphatic carbocycles. The molecule has 0 spiro atoms. The van der Waals surface area contributed by atoms with Gasteiger partial charge in [-0.25, -0.2) is 0 Å². The fourth-order valence-corrected chi connectivity index (χ4v) is 1.44. The van der Waals surface area contributed by atoms with Crippen LogP contribution in [0.1, 0.15) is 33.6 Å². The molecule has 17 heavy (non-hydrogen) atoms. The second kappa shape index (κ2) is 4.53. The predicted octanol–water partition coefficient (Wildman–Crippen LogP) is 1.14. The molecular formula is C12H14N2O3. The van der Waals surface area contributed by atoms with Gasteiger partial charge in [0.25, 0.3) is 5.91 Å². The number of ether oxygens (including phenoxy) is 1. The van der Waals surface area contributed by atoms with E-state index in [0.29, 0.717) is 12.0 Å². The Labute approximate surface area is 99.4 Å². The number of pyridine rings is 1. The average Bonchev–Trinajstić information content (AvgIpc) is 3.11. The van der Waals surface area contributed by atoms with Gasteiger partial charge in [0.15, 0.2) is 6.29 Å². The largest absolute Gasteiger partial charge is 0.488 e. The van der Waals surface area contributed by atoms with Gasteiger partial charge in [0, 0.05) is 20.3 Å². The van der Waals surface area contributed by atoms with Crippen LogP contribution in [0.25, 0.3) is 0 Å². The number of nitrogens with zero attached hydrogens (tertiary/aromatic N) is 2. The fraction of sp³-hybridized carbons (Fsp3) is 0.417. The molecule has 1 aliphatic rings. The summed E-state index contributed by atoms with van der Waals surface area (Å²) in [5, 5.41) is 0. The first-order chi connectivity index (χ1) is 8.13. The smallest absolute Gasteiger partial charge is 0.255 e. The summed E-state index contributed by atoms with van der Waals surface area (Å²) in [6.07, 6.45) is 5.67. The highest BCUT2D eigenvalue weighted by Gasteiger charge is 2.26.